The fraction of sp³-hybridized carbons (Fsp3) is 0.118. The third-order valence-electron chi connectivity index (χ3n) is 3.53. The normalized spacial score (nSPS) is 11.0. The Morgan fingerprint density at radius 1 is 1.04 bits per heavy atom. The van der Waals surface area contributed by atoms with Crippen LogP contribution in [0.3, 0.4) is 0 Å². The number of hydrogen-bond donors (Lipinski definition) is 1. The molecule has 2 aromatic heterocycles. The van der Waals surface area contributed by atoms with E-state index in [0.29, 0.717) is 0 Å². The van der Waals surface area contributed by atoms with Gasteiger partial charge in [-0.05, 0) is 30.2 Å². The van der Waals surface area contributed by atoms with Crippen molar-refractivity contribution in [2.45, 2.75) is 13.3 Å². The van der Waals surface area contributed by atoms with Crippen molar-refractivity contribution in [3.05, 3.63) is 71.5 Å². The molecule has 0 unspecified atom stereocenters. The van der Waals surface area contributed by atoms with E-state index >= 15 is 0 Å². The Labute approximate surface area is 137 Å². The zero-order valence-electron chi connectivity index (χ0n) is 12.6. The molecule has 0 radical (unpaired) electrons. The van der Waals surface area contributed by atoms with Gasteiger partial charge in [-0.1, -0.05) is 53.8 Å². The second kappa shape index (κ2) is 5.81. The van der Waals surface area contributed by atoms with Gasteiger partial charge in [0.15, 0.2) is 5.82 Å². The minimum Gasteiger partial charge on any atom is -0.330 e. The highest BCUT2D eigenvalue weighted by Crippen LogP contribution is 2.24. The maximum absolute atomic E-state index is 4.59. The summed E-state index contributed by atoms with van der Waals surface area (Å²) >= 11 is 1.50. The molecule has 0 spiro atoms. The molecule has 0 atom stereocenters. The minimum absolute atomic E-state index is 0.718. The second-order valence-corrected chi connectivity index (χ2v) is 6.33. The summed E-state index contributed by atoms with van der Waals surface area (Å²) in [5, 5.41) is 17.2. The van der Waals surface area contributed by atoms with E-state index in [0.717, 1.165) is 28.0 Å². The van der Waals surface area contributed by atoms with Gasteiger partial charge in [0, 0.05) is 12.1 Å². The molecule has 5 nitrogen and oxygen atoms in total. The first-order chi connectivity index (χ1) is 11.3. The van der Waals surface area contributed by atoms with Gasteiger partial charge >= 0.3 is 0 Å². The smallest absolute Gasteiger partial charge is 0.236 e. The standard InChI is InChI=1S/C17H15N5S/c1-12-6-5-9-14(10-12)18-16-21-22-15(19-20-17(22)23-16)11-13-7-3-2-4-8-13/h2-10H,11H2,1H3,(H,18,21). The third kappa shape index (κ3) is 2.93. The van der Waals surface area contributed by atoms with Crippen molar-refractivity contribution in [3.63, 3.8) is 0 Å². The molecule has 0 saturated heterocycles. The summed E-state index contributed by atoms with van der Waals surface area (Å²) in [5.74, 6) is 0.847. The number of nitrogens with zero attached hydrogens (tertiary/aromatic N) is 4. The van der Waals surface area contributed by atoms with E-state index in [1.807, 2.05) is 34.8 Å². The van der Waals surface area contributed by atoms with Gasteiger partial charge in [0.1, 0.15) is 0 Å². The number of aryl methyl sites for hydroxylation is 1. The lowest BCUT2D eigenvalue weighted by atomic mass is 10.1. The molecule has 6 heteroatoms. The average molecular weight is 321 g/mol. The van der Waals surface area contributed by atoms with Crippen LogP contribution in [0.5, 0.6) is 0 Å². The molecule has 4 rings (SSSR count). The molecule has 0 saturated carbocycles. The van der Waals surface area contributed by atoms with Crippen molar-refractivity contribution in [3.8, 4) is 0 Å². The van der Waals surface area contributed by atoms with E-state index in [1.165, 1.54) is 22.5 Å². The maximum atomic E-state index is 4.59. The van der Waals surface area contributed by atoms with E-state index < -0.39 is 0 Å². The minimum atomic E-state index is 0.718. The van der Waals surface area contributed by atoms with Gasteiger partial charge in [0.25, 0.3) is 0 Å². The lowest BCUT2D eigenvalue weighted by Gasteiger charge is -2.02. The topological polar surface area (TPSA) is 55.1 Å². The van der Waals surface area contributed by atoms with Crippen LogP contribution in [0.1, 0.15) is 17.0 Å². The zero-order chi connectivity index (χ0) is 15.6. The van der Waals surface area contributed by atoms with E-state index in [9.17, 15) is 0 Å². The molecule has 0 bridgehead atoms. The predicted molar refractivity (Wildman–Crippen MR) is 92.4 cm³/mol. The molecular weight excluding hydrogens is 306 g/mol. The van der Waals surface area contributed by atoms with Crippen LogP contribution in [-0.4, -0.2) is 19.8 Å². The van der Waals surface area contributed by atoms with Gasteiger partial charge in [-0.15, -0.1) is 15.3 Å². The number of fused-ring (bicyclic) bond motifs is 1. The van der Waals surface area contributed by atoms with Crippen LogP contribution in [0.4, 0.5) is 10.8 Å². The van der Waals surface area contributed by atoms with Crippen molar-refractivity contribution in [1.82, 2.24) is 19.8 Å². The Morgan fingerprint density at radius 2 is 1.91 bits per heavy atom. The number of aromatic nitrogens is 4. The summed E-state index contributed by atoms with van der Waals surface area (Å²) in [4.78, 5) is 0.797. The van der Waals surface area contributed by atoms with Crippen molar-refractivity contribution in [1.29, 1.82) is 0 Å². The van der Waals surface area contributed by atoms with Crippen LogP contribution in [0.25, 0.3) is 4.96 Å². The quantitative estimate of drug-likeness (QED) is 0.621. The first kappa shape index (κ1) is 13.9. The largest absolute Gasteiger partial charge is 0.330 e. The summed E-state index contributed by atoms with van der Waals surface area (Å²) in [6.07, 6.45) is 0.718. The van der Waals surface area contributed by atoms with Gasteiger partial charge in [0.05, 0.1) is 0 Å². The fourth-order valence-electron chi connectivity index (χ4n) is 2.44. The van der Waals surface area contributed by atoms with E-state index in [1.54, 1.807) is 0 Å². The summed E-state index contributed by atoms with van der Waals surface area (Å²) in [6, 6.07) is 18.4. The molecule has 0 aliphatic rings. The molecular formula is C17H15N5S. The highest BCUT2D eigenvalue weighted by Gasteiger charge is 2.12. The van der Waals surface area contributed by atoms with E-state index in [2.05, 4.69) is 51.8 Å². The molecule has 0 aliphatic heterocycles. The van der Waals surface area contributed by atoms with Gasteiger partial charge in [-0.3, -0.25) is 0 Å². The zero-order valence-corrected chi connectivity index (χ0v) is 13.4. The highest BCUT2D eigenvalue weighted by atomic mass is 32.1. The van der Waals surface area contributed by atoms with Crippen LogP contribution >= 0.6 is 11.3 Å². The van der Waals surface area contributed by atoms with Gasteiger partial charge < -0.3 is 5.32 Å². The molecule has 0 amide bonds. The van der Waals surface area contributed by atoms with Crippen LogP contribution in [0.2, 0.25) is 0 Å². The second-order valence-electron chi connectivity index (χ2n) is 5.37. The fourth-order valence-corrected chi connectivity index (χ4v) is 3.22. The summed E-state index contributed by atoms with van der Waals surface area (Å²) in [5.41, 5.74) is 3.44. The van der Waals surface area contributed by atoms with Crippen molar-refractivity contribution in [2.75, 3.05) is 5.32 Å². The van der Waals surface area contributed by atoms with Crippen LogP contribution < -0.4 is 5.32 Å². The summed E-state index contributed by atoms with van der Waals surface area (Å²) in [7, 11) is 0. The number of benzene rings is 2. The Bertz CT molecular complexity index is 942. The Morgan fingerprint density at radius 3 is 2.74 bits per heavy atom. The number of anilines is 2. The number of hydrogen-bond acceptors (Lipinski definition) is 5. The Hall–Kier alpha value is -2.73. The van der Waals surface area contributed by atoms with Crippen LogP contribution in [0, 0.1) is 6.92 Å². The average Bonchev–Trinajstić information content (AvgIpc) is 3.10. The first-order valence-electron chi connectivity index (χ1n) is 7.37. The monoisotopic (exact) mass is 321 g/mol. The molecule has 1 N–H and O–H groups in total. The van der Waals surface area contributed by atoms with Crippen LogP contribution in [0.15, 0.2) is 54.6 Å². The Kier molecular flexibility index (Phi) is 3.51. The van der Waals surface area contributed by atoms with E-state index in [-0.39, 0.29) is 0 Å². The van der Waals surface area contributed by atoms with Crippen molar-refractivity contribution in [2.24, 2.45) is 0 Å². The van der Waals surface area contributed by atoms with Crippen molar-refractivity contribution < 1.29 is 0 Å². The van der Waals surface area contributed by atoms with Crippen LogP contribution in [-0.2, 0) is 6.42 Å². The molecule has 23 heavy (non-hydrogen) atoms. The van der Waals surface area contributed by atoms with E-state index in [4.69, 9.17) is 0 Å². The molecule has 114 valence electrons. The third-order valence-corrected chi connectivity index (χ3v) is 4.34. The molecule has 2 heterocycles. The highest BCUT2D eigenvalue weighted by molar-refractivity contribution is 7.20. The van der Waals surface area contributed by atoms with Gasteiger partial charge in [-0.2, -0.15) is 4.52 Å². The lowest BCUT2D eigenvalue weighted by molar-refractivity contribution is 0.854. The SMILES string of the molecule is Cc1cccc(Nc2nn3c(Cc4ccccc4)nnc3s2)c1. The number of rotatable bonds is 4. The lowest BCUT2D eigenvalue weighted by Crippen LogP contribution is -1.98. The first-order valence-corrected chi connectivity index (χ1v) is 8.18. The number of nitrogens with one attached hydrogen (secondary N) is 1. The predicted octanol–water partition coefficient (Wildman–Crippen LogP) is 3.83. The van der Waals surface area contributed by atoms with Gasteiger partial charge in [-0.25, -0.2) is 0 Å². The molecule has 0 aliphatic carbocycles. The molecule has 4 aromatic rings. The molecule has 0 fully saturated rings. The maximum Gasteiger partial charge on any atom is 0.236 e. The van der Waals surface area contributed by atoms with Gasteiger partial charge in [0.2, 0.25) is 10.1 Å². The van der Waals surface area contributed by atoms with Crippen molar-refractivity contribution >= 4 is 27.1 Å². The summed E-state index contributed by atoms with van der Waals surface area (Å²) < 4.78 is 1.82. The molecule has 2 aromatic carbocycles. The Balaban J connectivity index is 1.61. The summed E-state index contributed by atoms with van der Waals surface area (Å²) in [6.45, 7) is 2.07.